The van der Waals surface area contributed by atoms with Crippen molar-refractivity contribution in [2.45, 2.75) is 19.8 Å². The summed E-state index contributed by atoms with van der Waals surface area (Å²) in [6, 6.07) is 10.5. The summed E-state index contributed by atoms with van der Waals surface area (Å²) in [6.45, 7) is 4.41. The van der Waals surface area contributed by atoms with Crippen LogP contribution in [0.2, 0.25) is 0 Å². The SMILES string of the molecule is CC(C)c1c(-c2ccccc2)ssc1=S. The van der Waals surface area contributed by atoms with Crippen LogP contribution in [0, 0.1) is 3.82 Å². The van der Waals surface area contributed by atoms with Gasteiger partial charge in [-0.05, 0) is 11.5 Å². The first-order chi connectivity index (χ1) is 7.20. The summed E-state index contributed by atoms with van der Waals surface area (Å²) in [5.74, 6) is 0.509. The van der Waals surface area contributed by atoms with Crippen molar-refractivity contribution >= 4 is 32.9 Å². The summed E-state index contributed by atoms with van der Waals surface area (Å²) in [7, 11) is 3.51. The first-order valence-electron chi connectivity index (χ1n) is 4.88. The van der Waals surface area contributed by atoms with Gasteiger partial charge in [-0.2, -0.15) is 0 Å². The summed E-state index contributed by atoms with van der Waals surface area (Å²) in [6.07, 6.45) is 0. The fraction of sp³-hybridized carbons (Fsp3) is 0.250. The lowest BCUT2D eigenvalue weighted by atomic mass is 10.0. The van der Waals surface area contributed by atoms with Gasteiger partial charge < -0.3 is 0 Å². The van der Waals surface area contributed by atoms with Gasteiger partial charge in [0.05, 0.1) is 4.88 Å². The quantitative estimate of drug-likeness (QED) is 0.514. The molecular formula is C12H12S3. The van der Waals surface area contributed by atoms with E-state index in [4.69, 9.17) is 12.2 Å². The molecule has 1 aromatic heterocycles. The molecule has 0 unspecified atom stereocenters. The van der Waals surface area contributed by atoms with Gasteiger partial charge in [0.2, 0.25) is 0 Å². The molecule has 0 aliphatic heterocycles. The average Bonchev–Trinajstić information content (AvgIpc) is 2.61. The molecule has 0 aliphatic rings. The van der Waals surface area contributed by atoms with Crippen LogP contribution in [0.3, 0.4) is 0 Å². The van der Waals surface area contributed by atoms with Crippen LogP contribution in [0.15, 0.2) is 30.3 Å². The second kappa shape index (κ2) is 4.56. The molecule has 2 rings (SSSR count). The topological polar surface area (TPSA) is 0 Å². The molecule has 0 aliphatic carbocycles. The summed E-state index contributed by atoms with van der Waals surface area (Å²) < 4.78 is 1.05. The third-order valence-electron chi connectivity index (χ3n) is 2.28. The minimum absolute atomic E-state index is 0.509. The van der Waals surface area contributed by atoms with Crippen molar-refractivity contribution in [3.63, 3.8) is 0 Å². The van der Waals surface area contributed by atoms with Gasteiger partial charge in [0.1, 0.15) is 3.82 Å². The highest BCUT2D eigenvalue weighted by atomic mass is 32.9. The van der Waals surface area contributed by atoms with Crippen molar-refractivity contribution in [2.75, 3.05) is 0 Å². The summed E-state index contributed by atoms with van der Waals surface area (Å²) in [5, 5.41) is 0. The van der Waals surface area contributed by atoms with E-state index in [0.29, 0.717) is 5.92 Å². The van der Waals surface area contributed by atoms with Gasteiger partial charge >= 0.3 is 0 Å². The van der Waals surface area contributed by atoms with Crippen molar-refractivity contribution in [3.8, 4) is 10.4 Å². The van der Waals surface area contributed by atoms with Gasteiger partial charge in [-0.25, -0.2) is 0 Å². The highest BCUT2D eigenvalue weighted by Crippen LogP contribution is 2.38. The molecule has 0 N–H and O–H groups in total. The van der Waals surface area contributed by atoms with Crippen LogP contribution in [-0.4, -0.2) is 0 Å². The zero-order valence-corrected chi connectivity index (χ0v) is 11.1. The van der Waals surface area contributed by atoms with Gasteiger partial charge in [-0.15, -0.1) is 0 Å². The largest absolute Gasteiger partial charge is 0.105 e. The second-order valence-electron chi connectivity index (χ2n) is 3.72. The predicted molar refractivity (Wildman–Crippen MR) is 72.6 cm³/mol. The van der Waals surface area contributed by atoms with E-state index in [1.807, 2.05) is 6.07 Å². The first kappa shape index (κ1) is 11.0. The van der Waals surface area contributed by atoms with Crippen molar-refractivity contribution in [2.24, 2.45) is 0 Å². The Morgan fingerprint density at radius 1 is 1.07 bits per heavy atom. The van der Waals surface area contributed by atoms with Gasteiger partial charge in [0.25, 0.3) is 0 Å². The Morgan fingerprint density at radius 3 is 2.33 bits per heavy atom. The average molecular weight is 252 g/mol. The Balaban J connectivity index is 2.59. The molecule has 78 valence electrons. The zero-order chi connectivity index (χ0) is 10.8. The second-order valence-corrected chi connectivity index (χ2v) is 6.53. The maximum absolute atomic E-state index is 5.38. The number of rotatable bonds is 2. The van der Waals surface area contributed by atoms with Crippen LogP contribution < -0.4 is 0 Å². The van der Waals surface area contributed by atoms with E-state index in [0.717, 1.165) is 3.82 Å². The van der Waals surface area contributed by atoms with Crippen molar-refractivity contribution < 1.29 is 0 Å². The van der Waals surface area contributed by atoms with Gasteiger partial charge in [0, 0.05) is 5.56 Å². The molecule has 2 aromatic rings. The molecule has 0 atom stereocenters. The van der Waals surface area contributed by atoms with E-state index < -0.39 is 0 Å². The molecule has 0 radical (unpaired) electrons. The third kappa shape index (κ3) is 2.19. The van der Waals surface area contributed by atoms with Crippen molar-refractivity contribution in [1.29, 1.82) is 0 Å². The smallest absolute Gasteiger partial charge is 0.0782 e. The van der Waals surface area contributed by atoms with Gasteiger partial charge in [-0.1, -0.05) is 77.1 Å². The Hall–Kier alpha value is -0.510. The number of hydrogen-bond donors (Lipinski definition) is 0. The molecule has 0 saturated carbocycles. The van der Waals surface area contributed by atoms with E-state index in [1.54, 1.807) is 20.7 Å². The summed E-state index contributed by atoms with van der Waals surface area (Å²) in [5.41, 5.74) is 2.63. The van der Waals surface area contributed by atoms with E-state index in [9.17, 15) is 0 Å². The molecule has 1 aromatic carbocycles. The molecule has 0 bridgehead atoms. The molecule has 15 heavy (non-hydrogen) atoms. The van der Waals surface area contributed by atoms with E-state index in [-0.39, 0.29) is 0 Å². The third-order valence-corrected chi connectivity index (χ3v) is 5.39. The zero-order valence-electron chi connectivity index (χ0n) is 8.69. The normalized spacial score (nSPS) is 10.9. The lowest BCUT2D eigenvalue weighted by Gasteiger charge is -2.05. The first-order valence-corrected chi connectivity index (χ1v) is 7.44. The lowest BCUT2D eigenvalue weighted by Crippen LogP contribution is -1.87. The Bertz CT molecular complexity index is 491. The van der Waals surface area contributed by atoms with Crippen LogP contribution in [-0.2, 0) is 0 Å². The summed E-state index contributed by atoms with van der Waals surface area (Å²) >= 11 is 5.38. The van der Waals surface area contributed by atoms with Crippen LogP contribution in [0.25, 0.3) is 10.4 Å². The van der Waals surface area contributed by atoms with Crippen LogP contribution in [0.1, 0.15) is 25.3 Å². The lowest BCUT2D eigenvalue weighted by molar-refractivity contribution is 0.873. The predicted octanol–water partition coefficient (Wildman–Crippen LogP) is 5.33. The van der Waals surface area contributed by atoms with Crippen molar-refractivity contribution in [1.82, 2.24) is 0 Å². The standard InChI is InChI=1S/C12H12S3/c1-8(2)10-11(14-15-12(10)13)9-6-4-3-5-7-9/h3-8H,1-2H3. The minimum Gasteiger partial charge on any atom is -0.0782 e. The molecule has 0 saturated heterocycles. The number of benzene rings is 1. The molecule has 0 fully saturated rings. The van der Waals surface area contributed by atoms with Gasteiger partial charge in [-0.3, -0.25) is 0 Å². The van der Waals surface area contributed by atoms with Crippen LogP contribution >= 0.6 is 32.9 Å². The molecular weight excluding hydrogens is 240 g/mol. The minimum atomic E-state index is 0.509. The number of hydrogen-bond acceptors (Lipinski definition) is 3. The molecule has 3 heteroatoms. The molecule has 0 spiro atoms. The Labute approximate surface area is 103 Å². The van der Waals surface area contributed by atoms with E-state index >= 15 is 0 Å². The Kier molecular flexibility index (Phi) is 3.34. The molecule has 0 amide bonds. The monoisotopic (exact) mass is 252 g/mol. The van der Waals surface area contributed by atoms with Crippen LogP contribution in [0.4, 0.5) is 0 Å². The fourth-order valence-corrected chi connectivity index (χ4v) is 4.88. The van der Waals surface area contributed by atoms with E-state index in [1.165, 1.54) is 16.0 Å². The maximum atomic E-state index is 5.38. The molecule has 1 heterocycles. The highest BCUT2D eigenvalue weighted by Gasteiger charge is 2.12. The highest BCUT2D eigenvalue weighted by molar-refractivity contribution is 7.80. The Morgan fingerprint density at radius 2 is 1.73 bits per heavy atom. The van der Waals surface area contributed by atoms with E-state index in [2.05, 4.69) is 38.1 Å². The van der Waals surface area contributed by atoms with Crippen molar-refractivity contribution in [3.05, 3.63) is 39.7 Å². The fourth-order valence-electron chi connectivity index (χ4n) is 1.55. The van der Waals surface area contributed by atoms with Crippen LogP contribution in [0.5, 0.6) is 0 Å². The summed E-state index contributed by atoms with van der Waals surface area (Å²) in [4.78, 5) is 1.35. The molecule has 0 nitrogen and oxygen atoms in total. The van der Waals surface area contributed by atoms with Gasteiger partial charge in [0.15, 0.2) is 0 Å². The maximum Gasteiger partial charge on any atom is 0.105 e.